The molecule has 5 nitrogen and oxygen atoms in total. The van der Waals surface area contributed by atoms with Gasteiger partial charge in [0.15, 0.2) is 11.0 Å². The first-order chi connectivity index (χ1) is 12.0. The molecule has 0 aliphatic carbocycles. The third kappa shape index (κ3) is 3.93. The van der Waals surface area contributed by atoms with Gasteiger partial charge >= 0.3 is 0 Å². The monoisotopic (exact) mass is 372 g/mol. The second-order valence-corrected chi connectivity index (χ2v) is 7.95. The molecule has 0 saturated heterocycles. The SMILES string of the molecule is Cc1cc(-c2nnc(SCC(=O)Nc3cccc(C)c3C)n2C)cs1. The molecule has 1 aromatic carbocycles. The number of aromatic nitrogens is 3. The van der Waals surface area contributed by atoms with Gasteiger partial charge in [0.1, 0.15) is 0 Å². The van der Waals surface area contributed by atoms with Crippen LogP contribution in [-0.2, 0) is 11.8 Å². The summed E-state index contributed by atoms with van der Waals surface area (Å²) in [5.41, 5.74) is 4.17. The van der Waals surface area contributed by atoms with Gasteiger partial charge in [-0.05, 0) is 44.0 Å². The first-order valence-electron chi connectivity index (χ1n) is 7.89. The van der Waals surface area contributed by atoms with E-state index in [-0.39, 0.29) is 5.91 Å². The highest BCUT2D eigenvalue weighted by Gasteiger charge is 2.14. The molecule has 0 radical (unpaired) electrons. The van der Waals surface area contributed by atoms with Crippen LogP contribution in [0.3, 0.4) is 0 Å². The molecule has 130 valence electrons. The summed E-state index contributed by atoms with van der Waals surface area (Å²) >= 11 is 3.07. The Morgan fingerprint density at radius 1 is 1.28 bits per heavy atom. The third-order valence-corrected chi connectivity index (χ3v) is 5.92. The van der Waals surface area contributed by atoms with Gasteiger partial charge in [-0.3, -0.25) is 4.79 Å². The van der Waals surface area contributed by atoms with Gasteiger partial charge in [-0.25, -0.2) is 0 Å². The first kappa shape index (κ1) is 17.7. The van der Waals surface area contributed by atoms with Crippen LogP contribution in [0, 0.1) is 20.8 Å². The van der Waals surface area contributed by atoms with Crippen LogP contribution in [0.2, 0.25) is 0 Å². The molecule has 0 aliphatic heterocycles. The van der Waals surface area contributed by atoms with Crippen LogP contribution < -0.4 is 5.32 Å². The minimum absolute atomic E-state index is 0.0466. The zero-order valence-corrected chi connectivity index (χ0v) is 16.3. The maximum absolute atomic E-state index is 12.3. The first-order valence-corrected chi connectivity index (χ1v) is 9.76. The molecular weight excluding hydrogens is 352 g/mol. The molecule has 2 aromatic heterocycles. The lowest BCUT2D eigenvalue weighted by molar-refractivity contribution is -0.113. The zero-order valence-electron chi connectivity index (χ0n) is 14.7. The van der Waals surface area contributed by atoms with Crippen molar-refractivity contribution in [2.45, 2.75) is 25.9 Å². The van der Waals surface area contributed by atoms with Gasteiger partial charge in [0, 0.05) is 28.6 Å². The number of rotatable bonds is 5. The van der Waals surface area contributed by atoms with Gasteiger partial charge in [0.05, 0.1) is 5.75 Å². The molecular formula is C18H20N4OS2. The van der Waals surface area contributed by atoms with E-state index in [1.807, 2.05) is 43.7 Å². The topological polar surface area (TPSA) is 59.8 Å². The van der Waals surface area contributed by atoms with Crippen molar-refractivity contribution >= 4 is 34.7 Å². The van der Waals surface area contributed by atoms with Crippen molar-refractivity contribution in [3.63, 3.8) is 0 Å². The molecule has 0 atom stereocenters. The Kier molecular flexibility index (Phi) is 5.24. The standard InChI is InChI=1S/C18H20N4OS2/c1-11-6-5-7-15(13(11)3)19-16(23)10-25-18-21-20-17(22(18)4)14-8-12(2)24-9-14/h5-9H,10H2,1-4H3,(H,19,23). The zero-order chi connectivity index (χ0) is 18.0. The van der Waals surface area contributed by atoms with Crippen molar-refractivity contribution in [3.05, 3.63) is 45.6 Å². The van der Waals surface area contributed by atoms with Crippen molar-refractivity contribution in [2.24, 2.45) is 7.05 Å². The van der Waals surface area contributed by atoms with E-state index in [1.165, 1.54) is 16.6 Å². The molecule has 3 aromatic rings. The Labute approximate surface area is 155 Å². The predicted octanol–water partition coefficient (Wildman–Crippen LogP) is 4.20. The van der Waals surface area contributed by atoms with E-state index in [0.29, 0.717) is 5.75 Å². The molecule has 1 amide bonds. The molecule has 0 bridgehead atoms. The lowest BCUT2D eigenvalue weighted by Crippen LogP contribution is -2.15. The van der Waals surface area contributed by atoms with Crippen molar-refractivity contribution in [1.29, 1.82) is 0 Å². The van der Waals surface area contributed by atoms with Gasteiger partial charge in [-0.2, -0.15) is 0 Å². The normalized spacial score (nSPS) is 10.9. The molecule has 0 fully saturated rings. The summed E-state index contributed by atoms with van der Waals surface area (Å²) in [4.78, 5) is 13.5. The number of hydrogen-bond donors (Lipinski definition) is 1. The number of anilines is 1. The Morgan fingerprint density at radius 3 is 2.80 bits per heavy atom. The van der Waals surface area contributed by atoms with Crippen LogP contribution in [0.4, 0.5) is 5.69 Å². The molecule has 0 saturated carbocycles. The lowest BCUT2D eigenvalue weighted by atomic mass is 10.1. The highest BCUT2D eigenvalue weighted by Crippen LogP contribution is 2.26. The van der Waals surface area contributed by atoms with E-state index in [1.54, 1.807) is 11.3 Å². The number of amides is 1. The summed E-state index contributed by atoms with van der Waals surface area (Å²) in [6.45, 7) is 6.11. The van der Waals surface area contributed by atoms with E-state index in [4.69, 9.17) is 0 Å². The maximum atomic E-state index is 12.3. The maximum Gasteiger partial charge on any atom is 0.234 e. The van der Waals surface area contributed by atoms with Crippen molar-refractivity contribution < 1.29 is 4.79 Å². The van der Waals surface area contributed by atoms with Gasteiger partial charge in [-0.1, -0.05) is 23.9 Å². The van der Waals surface area contributed by atoms with E-state index < -0.39 is 0 Å². The number of thioether (sulfide) groups is 1. The van der Waals surface area contributed by atoms with Crippen LogP contribution in [-0.4, -0.2) is 26.4 Å². The van der Waals surface area contributed by atoms with Gasteiger partial charge in [-0.15, -0.1) is 21.5 Å². The lowest BCUT2D eigenvalue weighted by Gasteiger charge is -2.10. The predicted molar refractivity (Wildman–Crippen MR) is 104 cm³/mol. The van der Waals surface area contributed by atoms with Crippen LogP contribution in [0.1, 0.15) is 16.0 Å². The summed E-state index contributed by atoms with van der Waals surface area (Å²) in [6.07, 6.45) is 0. The molecule has 2 heterocycles. The Hall–Kier alpha value is -2.12. The molecule has 1 N–H and O–H groups in total. The largest absolute Gasteiger partial charge is 0.325 e. The minimum atomic E-state index is -0.0466. The summed E-state index contributed by atoms with van der Waals surface area (Å²) in [5.74, 6) is 1.07. The fourth-order valence-corrected chi connectivity index (χ4v) is 3.85. The highest BCUT2D eigenvalue weighted by atomic mass is 32.2. The van der Waals surface area contributed by atoms with Crippen LogP contribution >= 0.6 is 23.1 Å². The number of carbonyl (C=O) groups excluding carboxylic acids is 1. The molecule has 3 rings (SSSR count). The summed E-state index contributed by atoms with van der Waals surface area (Å²) < 4.78 is 1.93. The number of nitrogens with one attached hydrogen (secondary N) is 1. The van der Waals surface area contributed by atoms with Crippen LogP contribution in [0.25, 0.3) is 11.4 Å². The van der Waals surface area contributed by atoms with Crippen molar-refractivity contribution in [1.82, 2.24) is 14.8 Å². The second-order valence-electron chi connectivity index (χ2n) is 5.90. The van der Waals surface area contributed by atoms with Crippen LogP contribution in [0.15, 0.2) is 34.8 Å². The smallest absolute Gasteiger partial charge is 0.234 e. The number of benzene rings is 1. The minimum Gasteiger partial charge on any atom is -0.325 e. The Balaban J connectivity index is 1.65. The van der Waals surface area contributed by atoms with E-state index >= 15 is 0 Å². The third-order valence-electron chi connectivity index (χ3n) is 4.03. The molecule has 25 heavy (non-hydrogen) atoms. The number of thiophene rings is 1. The number of nitrogens with zero attached hydrogens (tertiary/aromatic N) is 3. The second kappa shape index (κ2) is 7.41. The Morgan fingerprint density at radius 2 is 2.08 bits per heavy atom. The van der Waals surface area contributed by atoms with Crippen molar-refractivity contribution in [2.75, 3.05) is 11.1 Å². The average Bonchev–Trinajstić information content (AvgIpc) is 3.16. The summed E-state index contributed by atoms with van der Waals surface area (Å²) in [7, 11) is 1.92. The van der Waals surface area contributed by atoms with Crippen molar-refractivity contribution in [3.8, 4) is 11.4 Å². The Bertz CT molecular complexity index is 914. The van der Waals surface area contributed by atoms with Gasteiger partial charge in [0.25, 0.3) is 0 Å². The molecule has 0 unspecified atom stereocenters. The quantitative estimate of drug-likeness (QED) is 0.682. The average molecular weight is 373 g/mol. The van der Waals surface area contributed by atoms with E-state index in [0.717, 1.165) is 33.4 Å². The molecule has 0 aliphatic rings. The highest BCUT2D eigenvalue weighted by molar-refractivity contribution is 7.99. The van der Waals surface area contributed by atoms with Gasteiger partial charge < -0.3 is 9.88 Å². The summed E-state index contributed by atoms with van der Waals surface area (Å²) in [6, 6.07) is 8.00. The van der Waals surface area contributed by atoms with E-state index in [2.05, 4.69) is 33.9 Å². The van der Waals surface area contributed by atoms with Crippen LogP contribution in [0.5, 0.6) is 0 Å². The fourth-order valence-electron chi connectivity index (χ4n) is 2.46. The number of aryl methyl sites for hydroxylation is 2. The summed E-state index contributed by atoms with van der Waals surface area (Å²) in [5, 5.41) is 14.2. The molecule has 0 spiro atoms. The number of carbonyl (C=O) groups is 1. The fraction of sp³-hybridized carbons (Fsp3) is 0.278. The number of hydrogen-bond acceptors (Lipinski definition) is 5. The van der Waals surface area contributed by atoms with Gasteiger partial charge in [0.2, 0.25) is 5.91 Å². The molecule has 7 heteroatoms. The van der Waals surface area contributed by atoms with E-state index in [9.17, 15) is 4.79 Å².